The third-order valence-electron chi connectivity index (χ3n) is 8.31. The molecule has 1 unspecified atom stereocenters. The van der Waals surface area contributed by atoms with E-state index in [0.29, 0.717) is 0 Å². The van der Waals surface area contributed by atoms with Gasteiger partial charge in [0.05, 0.1) is 5.69 Å². The minimum Gasteiger partial charge on any atom is -0.464 e. The molecular weight excluding hydrogens is 536 g/mol. The van der Waals surface area contributed by atoms with Crippen LogP contribution in [0.3, 0.4) is 0 Å². The van der Waals surface area contributed by atoms with Gasteiger partial charge in [0.15, 0.2) is 12.0 Å². The van der Waals surface area contributed by atoms with E-state index in [9.17, 15) is 0 Å². The number of nitrogens with one attached hydrogen (secondary N) is 1. The van der Waals surface area contributed by atoms with Gasteiger partial charge in [-0.2, -0.15) is 0 Å². The SMILES string of the molecule is c1ccc(-c2ccc(N(c3ccccc3)c3ccc(-c4cccc5ccc6c(c45)OC(c4ccccc4)N6)cc3)cc2)cc1. The van der Waals surface area contributed by atoms with Crippen LogP contribution in [0.2, 0.25) is 0 Å². The molecule has 0 aromatic heterocycles. The van der Waals surface area contributed by atoms with E-state index in [1.165, 1.54) is 11.1 Å². The Morgan fingerprint density at radius 3 is 1.70 bits per heavy atom. The van der Waals surface area contributed by atoms with E-state index in [0.717, 1.165) is 56.0 Å². The minimum absolute atomic E-state index is 0.208. The van der Waals surface area contributed by atoms with Gasteiger partial charge in [-0.3, -0.25) is 0 Å². The van der Waals surface area contributed by atoms with Crippen LogP contribution >= 0.6 is 0 Å². The maximum atomic E-state index is 6.57. The first-order valence-electron chi connectivity index (χ1n) is 15.0. The first-order valence-corrected chi connectivity index (χ1v) is 15.0. The van der Waals surface area contributed by atoms with E-state index in [1.807, 2.05) is 18.2 Å². The highest BCUT2D eigenvalue weighted by Crippen LogP contribution is 2.47. The molecule has 8 rings (SSSR count). The maximum absolute atomic E-state index is 6.57. The monoisotopic (exact) mass is 566 g/mol. The molecule has 7 aromatic carbocycles. The Hall–Kier alpha value is -5.80. The van der Waals surface area contributed by atoms with Gasteiger partial charge >= 0.3 is 0 Å². The predicted molar refractivity (Wildman–Crippen MR) is 183 cm³/mol. The summed E-state index contributed by atoms with van der Waals surface area (Å²) in [6.07, 6.45) is -0.208. The van der Waals surface area contributed by atoms with Crippen LogP contribution in [0.1, 0.15) is 11.8 Å². The fourth-order valence-corrected chi connectivity index (χ4v) is 6.14. The van der Waals surface area contributed by atoms with Crippen LogP contribution in [0.25, 0.3) is 33.0 Å². The lowest BCUT2D eigenvalue weighted by Crippen LogP contribution is -2.09. The van der Waals surface area contributed by atoms with Crippen LogP contribution in [0, 0.1) is 0 Å². The highest BCUT2D eigenvalue weighted by atomic mass is 16.5. The molecule has 44 heavy (non-hydrogen) atoms. The van der Waals surface area contributed by atoms with Crippen molar-refractivity contribution < 1.29 is 4.74 Å². The van der Waals surface area contributed by atoms with E-state index < -0.39 is 0 Å². The smallest absolute Gasteiger partial charge is 0.196 e. The second-order valence-corrected chi connectivity index (χ2v) is 11.0. The van der Waals surface area contributed by atoms with Crippen LogP contribution in [-0.4, -0.2) is 0 Å². The molecular formula is C41H30N2O. The van der Waals surface area contributed by atoms with Crippen molar-refractivity contribution in [3.63, 3.8) is 0 Å². The number of hydrogen-bond donors (Lipinski definition) is 1. The zero-order chi connectivity index (χ0) is 29.3. The number of para-hydroxylation sites is 1. The summed E-state index contributed by atoms with van der Waals surface area (Å²) in [4.78, 5) is 2.30. The average Bonchev–Trinajstić information content (AvgIpc) is 3.55. The number of anilines is 4. The van der Waals surface area contributed by atoms with Gasteiger partial charge < -0.3 is 15.0 Å². The fourth-order valence-electron chi connectivity index (χ4n) is 6.14. The van der Waals surface area contributed by atoms with Crippen LogP contribution in [0.5, 0.6) is 5.75 Å². The van der Waals surface area contributed by atoms with Gasteiger partial charge in [0, 0.05) is 28.0 Å². The summed E-state index contributed by atoms with van der Waals surface area (Å²) >= 11 is 0. The van der Waals surface area contributed by atoms with Crippen LogP contribution < -0.4 is 15.0 Å². The maximum Gasteiger partial charge on any atom is 0.196 e. The lowest BCUT2D eigenvalue weighted by atomic mass is 9.96. The van der Waals surface area contributed by atoms with Crippen molar-refractivity contribution in [1.82, 2.24) is 0 Å². The molecule has 0 amide bonds. The van der Waals surface area contributed by atoms with Gasteiger partial charge in [0.1, 0.15) is 0 Å². The molecule has 210 valence electrons. The number of nitrogens with zero attached hydrogens (tertiary/aromatic N) is 1. The molecule has 1 aliphatic rings. The third-order valence-corrected chi connectivity index (χ3v) is 8.31. The largest absolute Gasteiger partial charge is 0.464 e. The topological polar surface area (TPSA) is 24.5 Å². The zero-order valence-electron chi connectivity index (χ0n) is 24.1. The molecule has 0 radical (unpaired) electrons. The van der Waals surface area contributed by atoms with E-state index in [1.54, 1.807) is 0 Å². The number of benzene rings is 7. The van der Waals surface area contributed by atoms with Crippen molar-refractivity contribution in [1.29, 1.82) is 0 Å². The number of rotatable bonds is 6. The second kappa shape index (κ2) is 11.1. The third kappa shape index (κ3) is 4.75. The summed E-state index contributed by atoms with van der Waals surface area (Å²) in [5.74, 6) is 0.903. The molecule has 1 heterocycles. The molecule has 0 fully saturated rings. The summed E-state index contributed by atoms with van der Waals surface area (Å²) in [5.41, 5.74) is 10.2. The van der Waals surface area contributed by atoms with Crippen molar-refractivity contribution in [2.45, 2.75) is 6.23 Å². The summed E-state index contributed by atoms with van der Waals surface area (Å²) in [6.45, 7) is 0. The van der Waals surface area contributed by atoms with Crippen molar-refractivity contribution in [2.75, 3.05) is 10.2 Å². The molecule has 1 aliphatic heterocycles. The van der Waals surface area contributed by atoms with Crippen LogP contribution in [-0.2, 0) is 0 Å². The van der Waals surface area contributed by atoms with Crippen molar-refractivity contribution >= 4 is 33.5 Å². The molecule has 0 bridgehead atoms. The highest BCUT2D eigenvalue weighted by molar-refractivity contribution is 6.04. The Bertz CT molecular complexity index is 2040. The fraction of sp³-hybridized carbons (Fsp3) is 0.0244. The Morgan fingerprint density at radius 1 is 0.455 bits per heavy atom. The highest BCUT2D eigenvalue weighted by Gasteiger charge is 2.26. The molecule has 0 aliphatic carbocycles. The van der Waals surface area contributed by atoms with E-state index in [4.69, 9.17) is 4.74 Å². The van der Waals surface area contributed by atoms with E-state index >= 15 is 0 Å². The molecule has 0 spiro atoms. The molecule has 0 saturated heterocycles. The first kappa shape index (κ1) is 25.9. The van der Waals surface area contributed by atoms with Crippen molar-refractivity contribution in [3.05, 3.63) is 175 Å². The summed E-state index contributed by atoms with van der Waals surface area (Å²) < 4.78 is 6.57. The normalized spacial score (nSPS) is 13.6. The lowest BCUT2D eigenvalue weighted by Gasteiger charge is -2.26. The van der Waals surface area contributed by atoms with Crippen molar-refractivity contribution in [2.24, 2.45) is 0 Å². The van der Waals surface area contributed by atoms with Gasteiger partial charge in [0.25, 0.3) is 0 Å². The van der Waals surface area contributed by atoms with Gasteiger partial charge in [0.2, 0.25) is 0 Å². The molecule has 3 nitrogen and oxygen atoms in total. The standard InChI is InChI=1S/C41H30N2O/c1-4-11-29(12-5-1)30-19-24-35(25-20-30)43(34-16-8-3-9-17-34)36-26-21-31(22-27-36)37-18-10-15-32-23-28-38-40(39(32)37)44-41(42-38)33-13-6-2-7-14-33/h1-28,41-42H. The molecule has 1 N–H and O–H groups in total. The molecule has 1 atom stereocenters. The number of ether oxygens (including phenoxy) is 1. The molecule has 7 aromatic rings. The minimum atomic E-state index is -0.208. The van der Waals surface area contributed by atoms with E-state index in [2.05, 4.69) is 162 Å². The van der Waals surface area contributed by atoms with E-state index in [-0.39, 0.29) is 6.23 Å². The Kier molecular flexibility index (Phi) is 6.54. The first-order chi connectivity index (χ1) is 21.8. The predicted octanol–water partition coefficient (Wildman–Crippen LogP) is 11.1. The molecule has 0 saturated carbocycles. The van der Waals surface area contributed by atoms with Crippen molar-refractivity contribution in [3.8, 4) is 28.0 Å². The summed E-state index contributed by atoms with van der Waals surface area (Å²) in [7, 11) is 0. The number of hydrogen-bond acceptors (Lipinski definition) is 3. The van der Waals surface area contributed by atoms with Gasteiger partial charge in [-0.1, -0.05) is 127 Å². The van der Waals surface area contributed by atoms with Crippen LogP contribution in [0.15, 0.2) is 170 Å². The Balaban J connectivity index is 1.16. The lowest BCUT2D eigenvalue weighted by molar-refractivity contribution is 0.262. The zero-order valence-corrected chi connectivity index (χ0v) is 24.1. The van der Waals surface area contributed by atoms with Gasteiger partial charge in [-0.05, 0) is 70.1 Å². The van der Waals surface area contributed by atoms with Gasteiger partial charge in [-0.25, -0.2) is 0 Å². The molecule has 3 heteroatoms. The second-order valence-electron chi connectivity index (χ2n) is 11.0. The Morgan fingerprint density at radius 2 is 1.02 bits per heavy atom. The Labute approximate surface area is 257 Å². The quantitative estimate of drug-likeness (QED) is 0.217. The average molecular weight is 567 g/mol. The summed E-state index contributed by atoms with van der Waals surface area (Å²) in [5, 5.41) is 5.85. The van der Waals surface area contributed by atoms with Crippen LogP contribution in [0.4, 0.5) is 22.7 Å². The summed E-state index contributed by atoms with van der Waals surface area (Å²) in [6, 6.07) is 59.8. The van der Waals surface area contributed by atoms with Gasteiger partial charge in [-0.15, -0.1) is 0 Å². The number of fused-ring (bicyclic) bond motifs is 3.